The second kappa shape index (κ2) is 14.5. The van der Waals surface area contributed by atoms with E-state index in [0.29, 0.717) is 0 Å². The van der Waals surface area contributed by atoms with Gasteiger partial charge >= 0.3 is 0 Å². The smallest absolute Gasteiger partial charge is 0.0924 e. The van der Waals surface area contributed by atoms with Gasteiger partial charge in [-0.2, -0.15) is 5.26 Å². The Morgan fingerprint density at radius 2 is 1.28 bits per heavy atom. The zero-order valence-electron chi connectivity index (χ0n) is 12.5. The van der Waals surface area contributed by atoms with Gasteiger partial charge in [0.25, 0.3) is 0 Å². The summed E-state index contributed by atoms with van der Waals surface area (Å²) in [4.78, 5) is 0. The number of rotatable bonds is 13. The largest absolute Gasteiger partial charge is 0.302 e. The van der Waals surface area contributed by atoms with Crippen LogP contribution in [0.3, 0.4) is 0 Å². The van der Waals surface area contributed by atoms with Gasteiger partial charge < -0.3 is 5.32 Å². The van der Waals surface area contributed by atoms with Gasteiger partial charge in [0, 0.05) is 0 Å². The first-order chi connectivity index (χ1) is 8.81. The maximum absolute atomic E-state index is 8.60. The van der Waals surface area contributed by atoms with Crippen molar-refractivity contribution in [1.29, 1.82) is 5.26 Å². The summed E-state index contributed by atoms with van der Waals surface area (Å²) in [5.41, 5.74) is 0. The van der Waals surface area contributed by atoms with Crippen molar-refractivity contribution in [2.24, 2.45) is 0 Å². The van der Waals surface area contributed by atoms with Crippen LogP contribution in [-0.4, -0.2) is 12.6 Å². The predicted octanol–water partition coefficient (Wildman–Crippen LogP) is 4.80. The Morgan fingerprint density at radius 1 is 0.833 bits per heavy atom. The van der Waals surface area contributed by atoms with Crippen molar-refractivity contribution in [2.75, 3.05) is 6.54 Å². The maximum Gasteiger partial charge on any atom is 0.0924 e. The highest BCUT2D eigenvalue weighted by atomic mass is 14.9. The van der Waals surface area contributed by atoms with Crippen molar-refractivity contribution in [1.82, 2.24) is 5.32 Å². The van der Waals surface area contributed by atoms with Gasteiger partial charge in [0.1, 0.15) is 0 Å². The highest BCUT2D eigenvalue weighted by molar-refractivity contribution is 4.84. The lowest BCUT2D eigenvalue weighted by Gasteiger charge is -2.05. The molecule has 0 saturated carbocycles. The summed E-state index contributed by atoms with van der Waals surface area (Å²) in [6.07, 6.45) is 15.2. The number of hydrogen-bond donors (Lipinski definition) is 1. The van der Waals surface area contributed by atoms with Crippen LogP contribution >= 0.6 is 0 Å². The molecule has 0 aromatic carbocycles. The number of hydrogen-bond acceptors (Lipinski definition) is 2. The van der Waals surface area contributed by atoms with E-state index in [1.165, 1.54) is 70.6 Å². The van der Waals surface area contributed by atoms with Crippen LogP contribution in [0, 0.1) is 11.3 Å². The molecule has 0 spiro atoms. The Bertz CT molecular complexity index is 196. The van der Waals surface area contributed by atoms with Crippen molar-refractivity contribution in [3.8, 4) is 6.07 Å². The minimum atomic E-state index is 0.00752. The van der Waals surface area contributed by atoms with Crippen molar-refractivity contribution in [3.05, 3.63) is 0 Å². The highest BCUT2D eigenvalue weighted by Gasteiger charge is 1.96. The monoisotopic (exact) mass is 252 g/mol. The molecule has 0 heterocycles. The van der Waals surface area contributed by atoms with E-state index < -0.39 is 0 Å². The molecular weight excluding hydrogens is 220 g/mol. The molecule has 0 rings (SSSR count). The molecular formula is C16H32N2. The summed E-state index contributed by atoms with van der Waals surface area (Å²) < 4.78 is 0. The summed E-state index contributed by atoms with van der Waals surface area (Å²) in [6, 6.07) is 2.20. The van der Waals surface area contributed by atoms with Crippen molar-refractivity contribution < 1.29 is 0 Å². The quantitative estimate of drug-likeness (QED) is 0.478. The first kappa shape index (κ1) is 17.4. The number of nitrogens with one attached hydrogen (secondary N) is 1. The van der Waals surface area contributed by atoms with Gasteiger partial charge in [-0.15, -0.1) is 0 Å². The van der Waals surface area contributed by atoms with Gasteiger partial charge in [0.15, 0.2) is 0 Å². The molecule has 0 aliphatic rings. The van der Waals surface area contributed by atoms with Crippen LogP contribution < -0.4 is 5.32 Å². The first-order valence-corrected chi connectivity index (χ1v) is 7.94. The molecule has 1 N–H and O–H groups in total. The van der Waals surface area contributed by atoms with Crippen LogP contribution in [-0.2, 0) is 0 Å². The van der Waals surface area contributed by atoms with Crippen LogP contribution in [0.1, 0.15) is 84.5 Å². The van der Waals surface area contributed by atoms with E-state index in [0.717, 1.165) is 6.54 Å². The summed E-state index contributed by atoms with van der Waals surface area (Å²) in [6.45, 7) is 5.18. The van der Waals surface area contributed by atoms with E-state index in [4.69, 9.17) is 5.26 Å². The standard InChI is InChI=1S/C16H32N2/c1-3-4-5-6-7-8-9-10-11-12-13-14-18-16(2)15-17/h16,18H,3-14H2,1-2H3. The van der Waals surface area contributed by atoms with E-state index >= 15 is 0 Å². The fourth-order valence-electron chi connectivity index (χ4n) is 2.15. The molecule has 1 atom stereocenters. The summed E-state index contributed by atoms with van der Waals surface area (Å²) in [5.74, 6) is 0. The number of nitrogens with zero attached hydrogens (tertiary/aromatic N) is 1. The lowest BCUT2D eigenvalue weighted by Crippen LogP contribution is -2.25. The van der Waals surface area contributed by atoms with Gasteiger partial charge in [-0.25, -0.2) is 0 Å². The third kappa shape index (κ3) is 13.5. The van der Waals surface area contributed by atoms with Gasteiger partial charge in [-0.05, 0) is 19.9 Å². The Kier molecular flexibility index (Phi) is 14.1. The SMILES string of the molecule is CCCCCCCCCCCCCNC(C)C#N. The van der Waals surface area contributed by atoms with Gasteiger partial charge in [0.2, 0.25) is 0 Å². The Balaban J connectivity index is 2.97. The summed E-state index contributed by atoms with van der Waals surface area (Å²) in [7, 11) is 0. The molecule has 2 heteroatoms. The van der Waals surface area contributed by atoms with Gasteiger partial charge in [-0.3, -0.25) is 0 Å². The van der Waals surface area contributed by atoms with E-state index in [9.17, 15) is 0 Å². The molecule has 106 valence electrons. The van der Waals surface area contributed by atoms with Gasteiger partial charge in [0.05, 0.1) is 12.1 Å². The van der Waals surface area contributed by atoms with Gasteiger partial charge in [-0.1, -0.05) is 71.1 Å². The van der Waals surface area contributed by atoms with E-state index in [1.807, 2.05) is 6.92 Å². The fraction of sp³-hybridized carbons (Fsp3) is 0.938. The second-order valence-electron chi connectivity index (χ2n) is 5.34. The van der Waals surface area contributed by atoms with E-state index in [2.05, 4.69) is 18.3 Å². The van der Waals surface area contributed by atoms with E-state index in [1.54, 1.807) is 0 Å². The average molecular weight is 252 g/mol. The Labute approximate surface area is 114 Å². The van der Waals surface area contributed by atoms with Crippen molar-refractivity contribution in [2.45, 2.75) is 90.5 Å². The lowest BCUT2D eigenvalue weighted by molar-refractivity contribution is 0.534. The highest BCUT2D eigenvalue weighted by Crippen LogP contribution is 2.10. The lowest BCUT2D eigenvalue weighted by atomic mass is 10.1. The Morgan fingerprint density at radius 3 is 1.72 bits per heavy atom. The zero-order valence-corrected chi connectivity index (χ0v) is 12.5. The molecule has 1 unspecified atom stereocenters. The molecule has 0 aliphatic carbocycles. The predicted molar refractivity (Wildman–Crippen MR) is 79.5 cm³/mol. The third-order valence-electron chi connectivity index (χ3n) is 3.42. The molecule has 0 saturated heterocycles. The maximum atomic E-state index is 8.60. The fourth-order valence-corrected chi connectivity index (χ4v) is 2.15. The number of nitriles is 1. The number of unbranched alkanes of at least 4 members (excludes halogenated alkanes) is 10. The molecule has 0 fully saturated rings. The van der Waals surface area contributed by atoms with Crippen LogP contribution in [0.4, 0.5) is 0 Å². The van der Waals surface area contributed by atoms with E-state index in [-0.39, 0.29) is 6.04 Å². The second-order valence-corrected chi connectivity index (χ2v) is 5.34. The van der Waals surface area contributed by atoms with Crippen LogP contribution in [0.15, 0.2) is 0 Å². The summed E-state index contributed by atoms with van der Waals surface area (Å²) in [5, 5.41) is 11.8. The third-order valence-corrected chi connectivity index (χ3v) is 3.42. The minimum absolute atomic E-state index is 0.00752. The van der Waals surface area contributed by atoms with Crippen LogP contribution in [0.5, 0.6) is 0 Å². The van der Waals surface area contributed by atoms with Crippen molar-refractivity contribution in [3.63, 3.8) is 0 Å². The summed E-state index contributed by atoms with van der Waals surface area (Å²) >= 11 is 0. The molecule has 2 nitrogen and oxygen atoms in total. The molecule has 0 bridgehead atoms. The molecule has 0 aliphatic heterocycles. The average Bonchev–Trinajstić information content (AvgIpc) is 2.39. The molecule has 18 heavy (non-hydrogen) atoms. The molecule has 0 aromatic heterocycles. The molecule has 0 amide bonds. The van der Waals surface area contributed by atoms with Crippen LogP contribution in [0.2, 0.25) is 0 Å². The first-order valence-electron chi connectivity index (χ1n) is 7.94. The Hall–Kier alpha value is -0.550. The topological polar surface area (TPSA) is 35.8 Å². The zero-order chi connectivity index (χ0) is 13.5. The normalized spacial score (nSPS) is 12.3. The minimum Gasteiger partial charge on any atom is -0.302 e. The molecule has 0 radical (unpaired) electrons. The van der Waals surface area contributed by atoms with Crippen molar-refractivity contribution >= 4 is 0 Å². The molecule has 0 aromatic rings. The van der Waals surface area contributed by atoms with Crippen LogP contribution in [0.25, 0.3) is 0 Å².